The molecule has 1 fully saturated rings. The molecule has 5 nitrogen and oxygen atoms in total. The van der Waals surface area contributed by atoms with Crippen LogP contribution in [0.5, 0.6) is 0 Å². The van der Waals surface area contributed by atoms with Crippen molar-refractivity contribution in [2.24, 2.45) is 5.41 Å². The Hall–Kier alpha value is -1.33. The van der Waals surface area contributed by atoms with Crippen molar-refractivity contribution in [2.45, 2.75) is 25.8 Å². The van der Waals surface area contributed by atoms with E-state index in [4.69, 9.17) is 9.15 Å². The molecule has 5 heteroatoms. The van der Waals surface area contributed by atoms with Gasteiger partial charge in [-0.3, -0.25) is 4.79 Å². The van der Waals surface area contributed by atoms with Crippen LogP contribution in [-0.2, 0) is 9.53 Å². The van der Waals surface area contributed by atoms with E-state index in [0.29, 0.717) is 6.61 Å². The number of amides is 1. The van der Waals surface area contributed by atoms with E-state index in [-0.39, 0.29) is 11.9 Å². The molecule has 0 unspecified atom stereocenters. The fourth-order valence-corrected chi connectivity index (χ4v) is 2.58. The Bertz CT molecular complexity index is 391. The maximum Gasteiger partial charge on any atom is 0.229 e. The molecule has 1 atom stereocenters. The van der Waals surface area contributed by atoms with Crippen LogP contribution in [-0.4, -0.2) is 32.7 Å². The second kappa shape index (κ2) is 6.21. The predicted molar refractivity (Wildman–Crippen MR) is 71.7 cm³/mol. The summed E-state index contributed by atoms with van der Waals surface area (Å²) < 4.78 is 10.6. The minimum Gasteiger partial charge on any atom is -0.467 e. The minimum atomic E-state index is -0.416. The van der Waals surface area contributed by atoms with E-state index in [1.807, 2.05) is 19.1 Å². The lowest BCUT2D eigenvalue weighted by Crippen LogP contribution is -2.50. The number of piperidine rings is 1. The number of methoxy groups -OCH3 is 1. The number of carbonyl (C=O) groups is 1. The Labute approximate surface area is 113 Å². The normalized spacial score (nSPS) is 19.9. The molecule has 1 aromatic heterocycles. The van der Waals surface area contributed by atoms with Crippen molar-refractivity contribution in [1.29, 1.82) is 0 Å². The zero-order chi connectivity index (χ0) is 13.7. The maximum atomic E-state index is 12.6. The fourth-order valence-electron chi connectivity index (χ4n) is 2.58. The van der Waals surface area contributed by atoms with Gasteiger partial charge < -0.3 is 19.8 Å². The first-order chi connectivity index (χ1) is 9.18. The maximum absolute atomic E-state index is 12.6. The summed E-state index contributed by atoms with van der Waals surface area (Å²) in [4.78, 5) is 12.6. The van der Waals surface area contributed by atoms with Gasteiger partial charge in [-0.05, 0) is 45.0 Å². The van der Waals surface area contributed by atoms with Gasteiger partial charge >= 0.3 is 0 Å². The molecule has 106 valence electrons. The van der Waals surface area contributed by atoms with E-state index >= 15 is 0 Å². The Kier molecular flexibility index (Phi) is 4.61. The zero-order valence-corrected chi connectivity index (χ0v) is 11.6. The van der Waals surface area contributed by atoms with Crippen LogP contribution in [0.25, 0.3) is 0 Å². The van der Waals surface area contributed by atoms with Crippen LogP contribution < -0.4 is 10.6 Å². The third-order valence-electron chi connectivity index (χ3n) is 3.78. The fraction of sp³-hybridized carbons (Fsp3) is 0.643. The van der Waals surface area contributed by atoms with Gasteiger partial charge in [-0.1, -0.05) is 0 Å². The van der Waals surface area contributed by atoms with Crippen molar-refractivity contribution in [1.82, 2.24) is 10.6 Å². The summed E-state index contributed by atoms with van der Waals surface area (Å²) in [5, 5.41) is 6.32. The van der Waals surface area contributed by atoms with E-state index in [9.17, 15) is 4.79 Å². The molecule has 0 saturated carbocycles. The van der Waals surface area contributed by atoms with Crippen LogP contribution in [0, 0.1) is 5.41 Å². The second-order valence-corrected chi connectivity index (χ2v) is 5.17. The van der Waals surface area contributed by atoms with Crippen LogP contribution in [0.2, 0.25) is 0 Å². The zero-order valence-electron chi connectivity index (χ0n) is 11.6. The van der Waals surface area contributed by atoms with Gasteiger partial charge in [-0.2, -0.15) is 0 Å². The number of furan rings is 1. The smallest absolute Gasteiger partial charge is 0.229 e. The number of nitrogens with one attached hydrogen (secondary N) is 2. The first-order valence-corrected chi connectivity index (χ1v) is 6.72. The summed E-state index contributed by atoms with van der Waals surface area (Å²) in [6.07, 6.45) is 3.22. The van der Waals surface area contributed by atoms with Crippen molar-refractivity contribution < 1.29 is 13.9 Å². The first kappa shape index (κ1) is 14.1. The Morgan fingerprint density at radius 3 is 2.89 bits per heavy atom. The van der Waals surface area contributed by atoms with E-state index in [1.165, 1.54) is 0 Å². The monoisotopic (exact) mass is 266 g/mol. The minimum absolute atomic E-state index is 0.0553. The van der Waals surface area contributed by atoms with Gasteiger partial charge in [-0.25, -0.2) is 0 Å². The highest BCUT2D eigenvalue weighted by atomic mass is 16.5. The van der Waals surface area contributed by atoms with Crippen molar-refractivity contribution in [3.63, 3.8) is 0 Å². The van der Waals surface area contributed by atoms with Crippen LogP contribution in [0.3, 0.4) is 0 Å². The molecule has 2 rings (SSSR count). The molecule has 1 aromatic rings. The lowest BCUT2D eigenvalue weighted by molar-refractivity contribution is -0.137. The molecule has 1 aliphatic rings. The highest BCUT2D eigenvalue weighted by Crippen LogP contribution is 2.30. The van der Waals surface area contributed by atoms with Gasteiger partial charge in [-0.15, -0.1) is 0 Å². The number of hydrogen-bond acceptors (Lipinski definition) is 4. The molecule has 0 aliphatic carbocycles. The van der Waals surface area contributed by atoms with Gasteiger partial charge in [0.1, 0.15) is 5.76 Å². The molecule has 0 radical (unpaired) electrons. The molecular weight excluding hydrogens is 244 g/mol. The van der Waals surface area contributed by atoms with Gasteiger partial charge in [0.2, 0.25) is 5.91 Å². The van der Waals surface area contributed by atoms with E-state index < -0.39 is 5.41 Å². The summed E-state index contributed by atoms with van der Waals surface area (Å²) in [5.74, 6) is 0.828. The molecule has 2 heterocycles. The molecule has 0 bridgehead atoms. The Morgan fingerprint density at radius 2 is 2.32 bits per heavy atom. The number of hydrogen-bond donors (Lipinski definition) is 2. The van der Waals surface area contributed by atoms with Gasteiger partial charge in [0.25, 0.3) is 0 Å². The molecule has 19 heavy (non-hydrogen) atoms. The van der Waals surface area contributed by atoms with Gasteiger partial charge in [0.05, 0.1) is 24.3 Å². The molecule has 1 saturated heterocycles. The predicted octanol–water partition coefficient (Wildman–Crippen LogP) is 1.47. The van der Waals surface area contributed by atoms with Crippen LogP contribution in [0.1, 0.15) is 31.6 Å². The van der Waals surface area contributed by atoms with Crippen molar-refractivity contribution in [2.75, 3.05) is 26.8 Å². The number of rotatable bonds is 5. The summed E-state index contributed by atoms with van der Waals surface area (Å²) >= 11 is 0. The quantitative estimate of drug-likeness (QED) is 0.847. The molecule has 2 N–H and O–H groups in total. The Morgan fingerprint density at radius 1 is 1.58 bits per heavy atom. The molecule has 0 spiro atoms. The third kappa shape index (κ3) is 3.16. The topological polar surface area (TPSA) is 63.5 Å². The highest BCUT2D eigenvalue weighted by Gasteiger charge is 2.40. The highest BCUT2D eigenvalue weighted by molar-refractivity contribution is 5.83. The van der Waals surface area contributed by atoms with Crippen molar-refractivity contribution in [3.8, 4) is 0 Å². The third-order valence-corrected chi connectivity index (χ3v) is 3.78. The van der Waals surface area contributed by atoms with Gasteiger partial charge in [0, 0.05) is 7.11 Å². The Balaban J connectivity index is 2.03. The number of carbonyl (C=O) groups excluding carboxylic acids is 1. The lowest BCUT2D eigenvalue weighted by Gasteiger charge is -2.36. The first-order valence-electron chi connectivity index (χ1n) is 6.72. The van der Waals surface area contributed by atoms with Gasteiger partial charge in [0.15, 0.2) is 0 Å². The largest absolute Gasteiger partial charge is 0.467 e. The van der Waals surface area contributed by atoms with Crippen LogP contribution in [0.15, 0.2) is 22.8 Å². The second-order valence-electron chi connectivity index (χ2n) is 5.17. The summed E-state index contributed by atoms with van der Waals surface area (Å²) in [7, 11) is 1.65. The number of ether oxygens (including phenoxy) is 1. The standard InChI is InChI=1S/C14H22N2O3/c1-11(12-4-3-9-19-12)16-13(17)14(10-18-2)5-7-15-8-6-14/h3-4,9,11,15H,5-8,10H2,1-2H3,(H,16,17)/t11-/m0/s1. The van der Waals surface area contributed by atoms with E-state index in [2.05, 4.69) is 10.6 Å². The van der Waals surface area contributed by atoms with E-state index in [0.717, 1.165) is 31.7 Å². The molecule has 1 aliphatic heterocycles. The summed E-state index contributed by atoms with van der Waals surface area (Å²) in [6, 6.07) is 3.58. The van der Waals surface area contributed by atoms with E-state index in [1.54, 1.807) is 13.4 Å². The molecule has 0 aromatic carbocycles. The van der Waals surface area contributed by atoms with Crippen LogP contribution in [0.4, 0.5) is 0 Å². The average Bonchev–Trinajstić information content (AvgIpc) is 2.94. The lowest BCUT2D eigenvalue weighted by atomic mass is 9.78. The van der Waals surface area contributed by atoms with Crippen molar-refractivity contribution in [3.05, 3.63) is 24.2 Å². The molecular formula is C14H22N2O3. The average molecular weight is 266 g/mol. The van der Waals surface area contributed by atoms with Crippen molar-refractivity contribution >= 4 is 5.91 Å². The summed E-state index contributed by atoms with van der Waals surface area (Å²) in [6.45, 7) is 4.10. The molecule has 1 amide bonds. The SMILES string of the molecule is COCC1(C(=O)N[C@@H](C)c2ccco2)CCNCC1. The summed E-state index contributed by atoms with van der Waals surface area (Å²) in [5.41, 5.74) is -0.416. The van der Waals surface area contributed by atoms with Crippen LogP contribution >= 0.6 is 0 Å².